The summed E-state index contributed by atoms with van der Waals surface area (Å²) in [5.74, 6) is -0.819. The van der Waals surface area contributed by atoms with Crippen LogP contribution in [0.1, 0.15) is 0 Å². The van der Waals surface area contributed by atoms with Crippen LogP contribution in [0.4, 0.5) is 0 Å². The van der Waals surface area contributed by atoms with Gasteiger partial charge < -0.3 is 21.9 Å². The Hall–Kier alpha value is -0.218. The van der Waals surface area contributed by atoms with E-state index in [0.29, 0.717) is 0 Å². The number of rotatable bonds is 0. The fourth-order valence-corrected chi connectivity index (χ4v) is 0.102. The summed E-state index contributed by atoms with van der Waals surface area (Å²) in [6, 6.07) is 0. The monoisotopic (exact) mass is 294 g/mol. The molecule has 9 heteroatoms. The summed E-state index contributed by atoms with van der Waals surface area (Å²) < 4.78 is 0. The Morgan fingerprint density at radius 2 is 1.27 bits per heavy atom. The molecule has 0 rings (SSSR count). The molecule has 0 fully saturated rings. The van der Waals surface area contributed by atoms with Crippen LogP contribution < -0.4 is 11.5 Å². The second-order valence-corrected chi connectivity index (χ2v) is 3.38. The number of hydrogen-bond donors (Lipinski definition) is 4. The topological polar surface area (TPSA) is 117 Å². The van der Waals surface area contributed by atoms with Gasteiger partial charge in [-0.15, -0.1) is 0 Å². The van der Waals surface area contributed by atoms with Crippen molar-refractivity contribution in [1.29, 1.82) is 0 Å². The molecule has 0 bridgehead atoms. The normalized spacial score (nSPS) is 12.2. The molecule has 0 aliphatic carbocycles. The van der Waals surface area contributed by atoms with Gasteiger partial charge in [-0.25, -0.2) is 0 Å². The van der Waals surface area contributed by atoms with Gasteiger partial charge in [-0.3, -0.25) is 0 Å². The molecule has 0 saturated carbocycles. The maximum absolute atomic E-state index is 7.83. The van der Waals surface area contributed by atoms with E-state index >= 15 is 0 Å². The van der Waals surface area contributed by atoms with Crippen LogP contribution in [0, 0.1) is 0 Å². The molecule has 0 aromatic heterocycles. The van der Waals surface area contributed by atoms with Crippen molar-refractivity contribution in [2.45, 2.75) is 0 Å². The van der Waals surface area contributed by atoms with E-state index in [1.54, 1.807) is 0 Å². The second kappa shape index (κ2) is 9.78. The first kappa shape index (κ1) is 13.4. The summed E-state index contributed by atoms with van der Waals surface area (Å²) in [5, 5.41) is 20.5. The van der Waals surface area contributed by atoms with Crippen molar-refractivity contribution >= 4 is 30.7 Å². The van der Waals surface area contributed by atoms with E-state index in [0.717, 1.165) is 0 Å². The number of nitrogens with zero attached hydrogens (tertiary/aromatic N) is 2. The minimum absolute atomic E-state index is 0.106. The average molecular weight is 295 g/mol. The molecule has 0 heterocycles. The third kappa shape index (κ3) is 9.78. The van der Waals surface area contributed by atoms with Crippen molar-refractivity contribution in [3.05, 3.63) is 0 Å². The minimum atomic E-state index is -0.410. The van der Waals surface area contributed by atoms with Crippen molar-refractivity contribution in [2.75, 3.05) is 0 Å². The molecule has 6 nitrogen and oxygen atoms in total. The second-order valence-electron chi connectivity index (χ2n) is 1.02. The summed E-state index contributed by atoms with van der Waals surface area (Å²) in [7, 11) is 9.63. The molecule has 11 heavy (non-hydrogen) atoms. The fraction of sp³-hybridized carbons (Fsp3) is 0. The Balaban J connectivity index is 0. The number of oxime groups is 2. The summed E-state index contributed by atoms with van der Waals surface area (Å²) in [6.45, 7) is 0. The molecule has 0 aromatic rings. The number of amidine groups is 2. The van der Waals surface area contributed by atoms with E-state index < -0.39 is 11.7 Å². The van der Waals surface area contributed by atoms with Crippen LogP contribution >= 0.6 is 19.1 Å². The molecular formula is C2H6Cl2N4O2Pd. The van der Waals surface area contributed by atoms with E-state index in [2.05, 4.69) is 10.3 Å². The van der Waals surface area contributed by atoms with Crippen LogP contribution in [0.25, 0.3) is 0 Å². The van der Waals surface area contributed by atoms with E-state index in [9.17, 15) is 0 Å². The zero-order valence-corrected chi connectivity index (χ0v) is 8.08. The van der Waals surface area contributed by atoms with Gasteiger partial charge in [0, 0.05) is 0 Å². The molecule has 0 amide bonds. The molecular weight excluding hydrogens is 289 g/mol. The Bertz CT molecular complexity index is 135. The number of halogens is 2. The van der Waals surface area contributed by atoms with Crippen LogP contribution in [0.5, 0.6) is 0 Å². The quantitative estimate of drug-likeness (QED) is 0.163. The van der Waals surface area contributed by atoms with Gasteiger partial charge in [-0.1, -0.05) is 10.3 Å². The number of nitrogens with two attached hydrogens (primary N) is 2. The van der Waals surface area contributed by atoms with Gasteiger partial charge >= 0.3 is 35.0 Å². The summed E-state index contributed by atoms with van der Waals surface area (Å²) in [4.78, 5) is 0. The fourth-order valence-electron chi connectivity index (χ4n) is 0.102. The van der Waals surface area contributed by atoms with Crippen LogP contribution in [0.15, 0.2) is 10.3 Å². The standard InChI is InChI=1S/C2H6N4O2.2ClH.Pd/c3-1(5-7)2(4)6-8;;;/h7-8H,(H2,3,5)(H2,4,6);2*1H;/q;;;+2/p-2. The molecule has 0 aromatic carbocycles. The Labute approximate surface area is 78.9 Å². The van der Waals surface area contributed by atoms with Crippen molar-refractivity contribution in [3.63, 3.8) is 0 Å². The van der Waals surface area contributed by atoms with E-state index in [1.165, 1.54) is 0 Å². The molecule has 0 atom stereocenters. The third-order valence-electron chi connectivity index (χ3n) is 0.478. The predicted octanol–water partition coefficient (Wildman–Crippen LogP) is -0.144. The Morgan fingerprint density at radius 3 is 1.36 bits per heavy atom. The van der Waals surface area contributed by atoms with Crippen molar-refractivity contribution < 1.29 is 26.4 Å². The molecule has 0 aliphatic rings. The predicted molar refractivity (Wildman–Crippen MR) is 38.5 cm³/mol. The van der Waals surface area contributed by atoms with Gasteiger partial charge in [-0.2, -0.15) is 0 Å². The van der Waals surface area contributed by atoms with E-state index in [-0.39, 0.29) is 15.9 Å². The average Bonchev–Trinajstić information content (AvgIpc) is 2.03. The van der Waals surface area contributed by atoms with Crippen molar-refractivity contribution in [1.82, 2.24) is 0 Å². The van der Waals surface area contributed by atoms with Gasteiger partial charge in [0.15, 0.2) is 0 Å². The van der Waals surface area contributed by atoms with Crippen LogP contribution in [-0.4, -0.2) is 22.1 Å². The van der Waals surface area contributed by atoms with Gasteiger partial charge in [0.2, 0.25) is 11.7 Å². The van der Waals surface area contributed by atoms with Crippen LogP contribution in [0.2, 0.25) is 0 Å². The zero-order valence-electron chi connectivity index (χ0n) is 5.02. The van der Waals surface area contributed by atoms with Crippen LogP contribution in [0.3, 0.4) is 0 Å². The molecule has 0 aliphatic heterocycles. The van der Waals surface area contributed by atoms with Crippen molar-refractivity contribution in [2.24, 2.45) is 21.8 Å². The molecule has 0 spiro atoms. The van der Waals surface area contributed by atoms with E-state index in [1.807, 2.05) is 0 Å². The van der Waals surface area contributed by atoms with Gasteiger partial charge in [0.1, 0.15) is 0 Å². The Kier molecular flexibility index (Phi) is 11.9. The Morgan fingerprint density at radius 1 is 1.09 bits per heavy atom. The van der Waals surface area contributed by atoms with Crippen molar-refractivity contribution in [3.8, 4) is 0 Å². The first-order valence-corrected chi connectivity index (χ1v) is 5.92. The van der Waals surface area contributed by atoms with E-state index in [4.69, 9.17) is 40.9 Å². The first-order valence-electron chi connectivity index (χ1n) is 1.91. The maximum atomic E-state index is 7.83. The van der Waals surface area contributed by atoms with Gasteiger partial charge in [-0.05, 0) is 0 Å². The summed E-state index contributed by atoms with van der Waals surface area (Å²) >= 11 is -0.106. The first-order chi connectivity index (χ1) is 5.13. The third-order valence-corrected chi connectivity index (χ3v) is 0.478. The molecule has 6 N–H and O–H groups in total. The van der Waals surface area contributed by atoms with Gasteiger partial charge in [0.05, 0.1) is 0 Å². The summed E-state index contributed by atoms with van der Waals surface area (Å²) in [6.07, 6.45) is 0. The van der Waals surface area contributed by atoms with Crippen LogP contribution in [-0.2, 0) is 15.9 Å². The van der Waals surface area contributed by atoms with Gasteiger partial charge in [0.25, 0.3) is 0 Å². The number of hydrogen-bond acceptors (Lipinski definition) is 4. The molecule has 0 unspecified atom stereocenters. The SMILES string of the molecule is NC(=N\O)/C(N)=N/O.[Cl][Pd][Cl]. The summed E-state index contributed by atoms with van der Waals surface area (Å²) in [5.41, 5.74) is 9.62. The molecule has 0 radical (unpaired) electrons. The molecule has 0 saturated heterocycles. The molecule has 70 valence electrons. The zero-order chi connectivity index (χ0) is 9.28.